The van der Waals surface area contributed by atoms with Crippen molar-refractivity contribution in [1.29, 1.82) is 0 Å². The van der Waals surface area contributed by atoms with Gasteiger partial charge >= 0.3 is 0 Å². The summed E-state index contributed by atoms with van der Waals surface area (Å²) in [5, 5.41) is 0. The predicted octanol–water partition coefficient (Wildman–Crippen LogP) is 4.43. The maximum absolute atomic E-state index is 13.5. The molecule has 0 radical (unpaired) electrons. The highest BCUT2D eigenvalue weighted by atomic mass is 16.5. The first-order valence-corrected chi connectivity index (χ1v) is 11.8. The molecule has 0 saturated carbocycles. The molecule has 2 amide bonds. The lowest BCUT2D eigenvalue weighted by atomic mass is 10.1. The predicted molar refractivity (Wildman–Crippen MR) is 137 cm³/mol. The van der Waals surface area contributed by atoms with Crippen LogP contribution in [-0.2, 0) is 17.8 Å². The summed E-state index contributed by atoms with van der Waals surface area (Å²) in [6.45, 7) is 4.45. The lowest BCUT2D eigenvalue weighted by Crippen LogP contribution is -2.46. The molecule has 0 bridgehead atoms. The molecule has 0 N–H and O–H groups in total. The molecule has 0 aliphatic rings. The van der Waals surface area contributed by atoms with Gasteiger partial charge in [-0.05, 0) is 62.2 Å². The second-order valence-electron chi connectivity index (χ2n) is 8.56. The molecule has 8 nitrogen and oxygen atoms in total. The Hall–Kier alpha value is -3.94. The molecule has 0 aliphatic carbocycles. The Kier molecular flexibility index (Phi) is 9.39. The van der Waals surface area contributed by atoms with Crippen LogP contribution in [0.3, 0.4) is 0 Å². The largest absolute Gasteiger partial charge is 0.496 e. The first-order chi connectivity index (χ1) is 17.4. The van der Waals surface area contributed by atoms with Crippen LogP contribution in [0.5, 0.6) is 17.2 Å². The molecule has 36 heavy (non-hydrogen) atoms. The normalized spacial score (nSPS) is 10.7. The van der Waals surface area contributed by atoms with Gasteiger partial charge in [-0.15, -0.1) is 0 Å². The van der Waals surface area contributed by atoms with Gasteiger partial charge in [0.1, 0.15) is 18.1 Å². The fourth-order valence-corrected chi connectivity index (χ4v) is 3.89. The molecule has 0 saturated heterocycles. The Bertz CT molecular complexity index is 1140. The Morgan fingerprint density at radius 2 is 1.61 bits per heavy atom. The van der Waals surface area contributed by atoms with Crippen molar-refractivity contribution >= 4 is 11.8 Å². The minimum Gasteiger partial charge on any atom is -0.496 e. The van der Waals surface area contributed by atoms with Gasteiger partial charge in [0.05, 0.1) is 39.7 Å². The minimum absolute atomic E-state index is 0.0683. The average molecular weight is 495 g/mol. The molecule has 3 aromatic rings. The number of furan rings is 1. The molecule has 0 aliphatic heterocycles. The van der Waals surface area contributed by atoms with Crippen LogP contribution < -0.4 is 14.2 Å². The Labute approximate surface area is 212 Å². The smallest absolute Gasteiger partial charge is 0.258 e. The third-order valence-electron chi connectivity index (χ3n) is 5.93. The van der Waals surface area contributed by atoms with Crippen molar-refractivity contribution in [3.63, 3.8) is 0 Å². The van der Waals surface area contributed by atoms with Crippen LogP contribution in [0.4, 0.5) is 0 Å². The van der Waals surface area contributed by atoms with Gasteiger partial charge in [0.15, 0.2) is 11.5 Å². The number of benzene rings is 2. The third kappa shape index (κ3) is 6.59. The number of para-hydroxylation sites is 1. The second-order valence-corrected chi connectivity index (χ2v) is 8.56. The molecule has 0 fully saturated rings. The van der Waals surface area contributed by atoms with Gasteiger partial charge < -0.3 is 28.4 Å². The van der Waals surface area contributed by atoms with Crippen LogP contribution >= 0.6 is 0 Å². The highest BCUT2D eigenvalue weighted by Gasteiger charge is 2.26. The van der Waals surface area contributed by atoms with Crippen molar-refractivity contribution in [2.75, 3.05) is 34.4 Å². The number of amides is 2. The molecule has 192 valence electrons. The summed E-state index contributed by atoms with van der Waals surface area (Å²) in [6.07, 6.45) is 2.17. The molecular formula is C28H34N2O6. The number of carbonyl (C=O) groups is 2. The zero-order valence-corrected chi connectivity index (χ0v) is 21.5. The van der Waals surface area contributed by atoms with Crippen molar-refractivity contribution in [1.82, 2.24) is 9.80 Å². The maximum Gasteiger partial charge on any atom is 0.258 e. The van der Waals surface area contributed by atoms with E-state index in [1.165, 1.54) is 7.11 Å². The molecular weight excluding hydrogens is 460 g/mol. The first kappa shape index (κ1) is 26.7. The fourth-order valence-electron chi connectivity index (χ4n) is 3.89. The number of rotatable bonds is 12. The zero-order chi connectivity index (χ0) is 26.1. The summed E-state index contributed by atoms with van der Waals surface area (Å²) in [6, 6.07) is 16.2. The number of methoxy groups -OCH3 is 3. The lowest BCUT2D eigenvalue weighted by Gasteiger charge is -2.30. The van der Waals surface area contributed by atoms with Gasteiger partial charge in [0.25, 0.3) is 5.91 Å². The van der Waals surface area contributed by atoms with Crippen LogP contribution in [0.2, 0.25) is 0 Å². The fraction of sp³-hybridized carbons (Fsp3) is 0.357. The average Bonchev–Trinajstić information content (AvgIpc) is 3.41. The van der Waals surface area contributed by atoms with Gasteiger partial charge in [-0.2, -0.15) is 0 Å². The molecule has 1 heterocycles. The summed E-state index contributed by atoms with van der Waals surface area (Å²) in [5.74, 6) is 1.99. The van der Waals surface area contributed by atoms with E-state index < -0.39 is 0 Å². The van der Waals surface area contributed by atoms with Crippen LogP contribution in [-0.4, -0.2) is 62.1 Å². The Morgan fingerprint density at radius 3 is 2.25 bits per heavy atom. The quantitative estimate of drug-likeness (QED) is 0.371. The van der Waals surface area contributed by atoms with Crippen LogP contribution in [0.25, 0.3) is 0 Å². The number of ether oxygens (including phenoxy) is 3. The van der Waals surface area contributed by atoms with Crippen LogP contribution in [0.15, 0.2) is 65.3 Å². The van der Waals surface area contributed by atoms with Crippen LogP contribution in [0.1, 0.15) is 35.5 Å². The lowest BCUT2D eigenvalue weighted by molar-refractivity contribution is -0.133. The molecule has 0 spiro atoms. The minimum atomic E-state index is -0.256. The van der Waals surface area contributed by atoms with Crippen LogP contribution in [0, 0.1) is 0 Å². The highest BCUT2D eigenvalue weighted by Crippen LogP contribution is 2.28. The van der Waals surface area contributed by atoms with E-state index in [0.717, 1.165) is 5.56 Å². The molecule has 8 heteroatoms. The standard InChI is InChI=1S/C28H34N2O6/c1-20(2)30(28(32)23-10-6-7-11-24(23)33-3)19-27(31)29(18-22-9-8-16-36-22)15-14-21-12-13-25(34-4)26(17-21)35-5/h6-13,16-17,20H,14-15,18-19H2,1-5H3. The van der Waals surface area contributed by atoms with E-state index in [4.69, 9.17) is 18.6 Å². The number of nitrogens with zero attached hydrogens (tertiary/aromatic N) is 2. The summed E-state index contributed by atoms with van der Waals surface area (Å²) in [4.78, 5) is 30.2. The van der Waals surface area contributed by atoms with E-state index in [0.29, 0.717) is 48.1 Å². The van der Waals surface area contributed by atoms with E-state index in [1.807, 2.05) is 38.1 Å². The SMILES string of the molecule is COc1ccc(CCN(Cc2ccco2)C(=O)CN(C(=O)c2ccccc2OC)C(C)C)cc1OC. The molecule has 0 atom stereocenters. The van der Waals surface area contributed by atoms with E-state index >= 15 is 0 Å². The first-order valence-electron chi connectivity index (χ1n) is 11.8. The van der Waals surface area contributed by atoms with Crippen molar-refractivity contribution in [2.45, 2.75) is 32.9 Å². The van der Waals surface area contributed by atoms with Gasteiger partial charge in [-0.25, -0.2) is 0 Å². The van der Waals surface area contributed by atoms with E-state index in [2.05, 4.69) is 0 Å². The summed E-state index contributed by atoms with van der Waals surface area (Å²) in [5.41, 5.74) is 1.42. The molecule has 2 aromatic carbocycles. The number of carbonyl (C=O) groups excluding carboxylic acids is 2. The number of hydrogen-bond acceptors (Lipinski definition) is 6. The van der Waals surface area contributed by atoms with Crippen molar-refractivity contribution in [3.8, 4) is 17.2 Å². The summed E-state index contributed by atoms with van der Waals surface area (Å²) in [7, 11) is 4.71. The molecule has 0 unspecified atom stereocenters. The van der Waals surface area contributed by atoms with Crippen molar-refractivity contribution in [2.24, 2.45) is 0 Å². The topological polar surface area (TPSA) is 81.5 Å². The van der Waals surface area contributed by atoms with Crippen molar-refractivity contribution in [3.05, 3.63) is 77.7 Å². The number of hydrogen-bond donors (Lipinski definition) is 0. The summed E-state index contributed by atoms with van der Waals surface area (Å²) >= 11 is 0. The molecule has 1 aromatic heterocycles. The molecule has 3 rings (SSSR count). The second kappa shape index (κ2) is 12.7. The van der Waals surface area contributed by atoms with E-state index in [9.17, 15) is 9.59 Å². The highest BCUT2D eigenvalue weighted by molar-refractivity contribution is 5.99. The van der Waals surface area contributed by atoms with E-state index in [-0.39, 0.29) is 24.4 Å². The van der Waals surface area contributed by atoms with Gasteiger partial charge in [-0.1, -0.05) is 18.2 Å². The Balaban J connectivity index is 1.79. The maximum atomic E-state index is 13.5. The third-order valence-corrected chi connectivity index (χ3v) is 5.93. The summed E-state index contributed by atoms with van der Waals surface area (Å²) < 4.78 is 21.6. The monoisotopic (exact) mass is 494 g/mol. The van der Waals surface area contributed by atoms with E-state index in [1.54, 1.807) is 60.6 Å². The zero-order valence-electron chi connectivity index (χ0n) is 21.5. The Morgan fingerprint density at radius 1 is 0.889 bits per heavy atom. The van der Waals surface area contributed by atoms with Gasteiger partial charge in [0, 0.05) is 12.6 Å². The van der Waals surface area contributed by atoms with Crippen molar-refractivity contribution < 1.29 is 28.2 Å². The van der Waals surface area contributed by atoms with Gasteiger partial charge in [-0.3, -0.25) is 9.59 Å². The van der Waals surface area contributed by atoms with Gasteiger partial charge in [0.2, 0.25) is 5.91 Å².